The van der Waals surface area contributed by atoms with E-state index in [1.165, 1.54) is 6.26 Å². The minimum Gasteiger partial charge on any atom is -0.480 e. The molecule has 0 aliphatic heterocycles. The van der Waals surface area contributed by atoms with Crippen LogP contribution in [-0.2, 0) is 9.84 Å². The van der Waals surface area contributed by atoms with E-state index in [1.807, 2.05) is 13.1 Å². The smallest absolute Gasteiger partial charge is 0.233 e. The molecule has 2 rings (SSSR count). The number of ether oxygens (including phenoxy) is 1. The van der Waals surface area contributed by atoms with E-state index >= 15 is 0 Å². The van der Waals surface area contributed by atoms with Crippen LogP contribution in [0.3, 0.4) is 0 Å². The Morgan fingerprint density at radius 1 is 1.33 bits per heavy atom. The molecular formula is C14H23N3O3S. The molecular weight excluding hydrogens is 290 g/mol. The number of nitrogens with zero attached hydrogens (tertiary/aromatic N) is 2. The molecule has 1 aliphatic rings. The predicted molar refractivity (Wildman–Crippen MR) is 81.0 cm³/mol. The fourth-order valence-corrected chi connectivity index (χ4v) is 4.29. The van der Waals surface area contributed by atoms with Gasteiger partial charge in [0.15, 0.2) is 0 Å². The number of nitrogens with one attached hydrogen (secondary N) is 1. The molecule has 3 atom stereocenters. The van der Waals surface area contributed by atoms with Crippen LogP contribution in [0.5, 0.6) is 5.88 Å². The summed E-state index contributed by atoms with van der Waals surface area (Å²) >= 11 is 0. The maximum atomic E-state index is 11.8. The molecule has 1 aromatic heterocycles. The first-order valence-electron chi connectivity index (χ1n) is 7.19. The normalized spacial score (nSPS) is 24.5. The fraction of sp³-hybridized carbons (Fsp3) is 0.714. The van der Waals surface area contributed by atoms with Crippen LogP contribution in [-0.4, -0.2) is 44.3 Å². The molecule has 0 amide bonds. The first-order chi connectivity index (χ1) is 9.95. The van der Waals surface area contributed by atoms with Crippen LogP contribution in [0.4, 0.5) is 0 Å². The van der Waals surface area contributed by atoms with Gasteiger partial charge in [-0.15, -0.1) is 5.10 Å². The largest absolute Gasteiger partial charge is 0.480 e. The zero-order valence-electron chi connectivity index (χ0n) is 12.7. The molecule has 1 heterocycles. The number of hydrogen-bond donors (Lipinski definition) is 1. The Kier molecular flexibility index (Phi) is 5.16. The lowest BCUT2D eigenvalue weighted by atomic mass is 9.82. The molecule has 6 nitrogen and oxygen atoms in total. The van der Waals surface area contributed by atoms with Crippen molar-refractivity contribution in [3.8, 4) is 5.88 Å². The maximum Gasteiger partial charge on any atom is 0.233 e. The summed E-state index contributed by atoms with van der Waals surface area (Å²) in [5.74, 6) is 0.734. The maximum absolute atomic E-state index is 11.8. The zero-order valence-corrected chi connectivity index (χ0v) is 13.6. The van der Waals surface area contributed by atoms with E-state index in [1.54, 1.807) is 13.2 Å². The summed E-state index contributed by atoms with van der Waals surface area (Å²) < 4.78 is 28.6. The van der Waals surface area contributed by atoms with Crippen molar-refractivity contribution in [2.45, 2.75) is 37.0 Å². The Hall–Kier alpha value is -1.21. The van der Waals surface area contributed by atoms with Gasteiger partial charge in [0, 0.05) is 12.3 Å². The van der Waals surface area contributed by atoms with Gasteiger partial charge in [0.2, 0.25) is 5.88 Å². The van der Waals surface area contributed by atoms with Crippen LogP contribution in [0, 0.1) is 5.92 Å². The van der Waals surface area contributed by atoms with Gasteiger partial charge < -0.3 is 10.1 Å². The van der Waals surface area contributed by atoms with Crippen molar-refractivity contribution in [1.82, 2.24) is 15.5 Å². The summed E-state index contributed by atoms with van der Waals surface area (Å²) in [7, 11) is 0.451. The van der Waals surface area contributed by atoms with E-state index in [-0.39, 0.29) is 17.2 Å². The number of methoxy groups -OCH3 is 1. The van der Waals surface area contributed by atoms with Gasteiger partial charge in [-0.1, -0.05) is 6.42 Å². The summed E-state index contributed by atoms with van der Waals surface area (Å²) in [6.07, 6.45) is 4.72. The van der Waals surface area contributed by atoms with Gasteiger partial charge in [-0.05, 0) is 38.3 Å². The lowest BCUT2D eigenvalue weighted by Crippen LogP contribution is -2.34. The van der Waals surface area contributed by atoms with E-state index in [0.717, 1.165) is 25.0 Å². The standard InChI is InChI=1S/C14H23N3O3S/c1-15-14(12-7-8-13(20-2)17-16-12)10-5-4-6-11(9-10)21(3,18)19/h7-8,10-11,14-15H,4-6,9H2,1-3H3. The van der Waals surface area contributed by atoms with E-state index in [0.29, 0.717) is 12.3 Å². The molecule has 1 fully saturated rings. The third-order valence-corrected chi connectivity index (χ3v) is 5.88. The second kappa shape index (κ2) is 6.70. The molecule has 1 aromatic rings. The molecule has 3 unspecified atom stereocenters. The molecule has 0 radical (unpaired) electrons. The topological polar surface area (TPSA) is 81.2 Å². The van der Waals surface area contributed by atoms with Crippen LogP contribution >= 0.6 is 0 Å². The number of sulfone groups is 1. The van der Waals surface area contributed by atoms with Gasteiger partial charge in [-0.2, -0.15) is 5.10 Å². The molecule has 0 spiro atoms. The molecule has 7 heteroatoms. The highest BCUT2D eigenvalue weighted by atomic mass is 32.2. The molecule has 1 aliphatic carbocycles. The summed E-state index contributed by atoms with van der Waals surface area (Å²) in [5.41, 5.74) is 0.831. The summed E-state index contributed by atoms with van der Waals surface area (Å²) in [4.78, 5) is 0. The van der Waals surface area contributed by atoms with Crippen LogP contribution in [0.1, 0.15) is 37.4 Å². The Balaban J connectivity index is 2.16. The van der Waals surface area contributed by atoms with Gasteiger partial charge in [-0.25, -0.2) is 8.42 Å². The van der Waals surface area contributed by atoms with E-state index in [2.05, 4.69) is 15.5 Å². The van der Waals surface area contributed by atoms with Gasteiger partial charge in [0.25, 0.3) is 0 Å². The van der Waals surface area contributed by atoms with E-state index < -0.39 is 9.84 Å². The molecule has 0 aromatic carbocycles. The average molecular weight is 313 g/mol. The van der Waals surface area contributed by atoms with Crippen molar-refractivity contribution >= 4 is 9.84 Å². The van der Waals surface area contributed by atoms with Gasteiger partial charge in [-0.3, -0.25) is 0 Å². The third kappa shape index (κ3) is 3.91. The van der Waals surface area contributed by atoms with Crippen LogP contribution in [0.25, 0.3) is 0 Å². The highest BCUT2D eigenvalue weighted by Crippen LogP contribution is 2.36. The second-order valence-electron chi connectivity index (χ2n) is 5.65. The summed E-state index contributed by atoms with van der Waals surface area (Å²) in [6, 6.07) is 3.69. The lowest BCUT2D eigenvalue weighted by molar-refractivity contribution is 0.277. The molecule has 1 N–H and O–H groups in total. The van der Waals surface area contributed by atoms with E-state index in [4.69, 9.17) is 4.74 Å². The quantitative estimate of drug-likeness (QED) is 0.884. The van der Waals surface area contributed by atoms with Crippen LogP contribution in [0.2, 0.25) is 0 Å². The first kappa shape index (κ1) is 16.2. The number of hydrogen-bond acceptors (Lipinski definition) is 6. The van der Waals surface area contributed by atoms with Gasteiger partial charge >= 0.3 is 0 Å². The SMILES string of the molecule is CNC(c1ccc(OC)nn1)C1CCCC(S(C)(=O)=O)C1. The first-order valence-corrected chi connectivity index (χ1v) is 9.15. The third-order valence-electron chi connectivity index (χ3n) is 4.24. The Labute approximate surface area is 126 Å². The summed E-state index contributed by atoms with van der Waals surface area (Å²) in [6.45, 7) is 0. The molecule has 1 saturated carbocycles. The Bertz CT molecular complexity index is 559. The molecule has 118 valence electrons. The average Bonchev–Trinajstić information content (AvgIpc) is 2.48. The van der Waals surface area contributed by atoms with Crippen LogP contribution in [0.15, 0.2) is 12.1 Å². The Morgan fingerprint density at radius 2 is 2.10 bits per heavy atom. The molecule has 21 heavy (non-hydrogen) atoms. The van der Waals surface area contributed by atoms with Crippen molar-refractivity contribution in [3.63, 3.8) is 0 Å². The van der Waals surface area contributed by atoms with Crippen molar-refractivity contribution in [2.75, 3.05) is 20.4 Å². The summed E-state index contributed by atoms with van der Waals surface area (Å²) in [5, 5.41) is 11.2. The minimum absolute atomic E-state index is 0.0213. The van der Waals surface area contributed by atoms with Crippen LogP contribution < -0.4 is 10.1 Å². The Morgan fingerprint density at radius 3 is 2.62 bits per heavy atom. The van der Waals surface area contributed by atoms with Gasteiger partial charge in [0.05, 0.1) is 24.1 Å². The zero-order chi connectivity index (χ0) is 15.5. The second-order valence-corrected chi connectivity index (χ2v) is 7.97. The number of aromatic nitrogens is 2. The highest BCUT2D eigenvalue weighted by Gasteiger charge is 2.33. The molecule has 0 bridgehead atoms. The molecule has 0 saturated heterocycles. The lowest BCUT2D eigenvalue weighted by Gasteiger charge is -2.33. The number of rotatable bonds is 5. The van der Waals surface area contributed by atoms with E-state index in [9.17, 15) is 8.42 Å². The van der Waals surface area contributed by atoms with Crippen molar-refractivity contribution in [1.29, 1.82) is 0 Å². The van der Waals surface area contributed by atoms with Crippen molar-refractivity contribution in [3.05, 3.63) is 17.8 Å². The van der Waals surface area contributed by atoms with Crippen molar-refractivity contribution in [2.24, 2.45) is 5.92 Å². The fourth-order valence-electron chi connectivity index (χ4n) is 3.10. The minimum atomic E-state index is -2.98. The highest BCUT2D eigenvalue weighted by molar-refractivity contribution is 7.91. The monoisotopic (exact) mass is 313 g/mol. The van der Waals surface area contributed by atoms with Gasteiger partial charge in [0.1, 0.15) is 9.84 Å². The van der Waals surface area contributed by atoms with Crippen molar-refractivity contribution < 1.29 is 13.2 Å². The predicted octanol–water partition coefficient (Wildman–Crippen LogP) is 1.35.